The maximum Gasteiger partial charge on any atom is 0.291 e. The molecule has 0 spiro atoms. The highest BCUT2D eigenvalue weighted by atomic mass is 35.5. The predicted molar refractivity (Wildman–Crippen MR) is 75.7 cm³/mol. The summed E-state index contributed by atoms with van der Waals surface area (Å²) >= 11 is 7.56. The summed E-state index contributed by atoms with van der Waals surface area (Å²) in [6.45, 7) is 1.17. The number of nitrogens with one attached hydrogen (secondary N) is 1. The fourth-order valence-corrected chi connectivity index (χ4v) is 2.56. The van der Waals surface area contributed by atoms with Crippen molar-refractivity contribution in [3.8, 4) is 0 Å². The zero-order valence-corrected chi connectivity index (χ0v) is 11.7. The van der Waals surface area contributed by atoms with Gasteiger partial charge in [-0.05, 0) is 18.8 Å². The molecule has 0 aliphatic heterocycles. The van der Waals surface area contributed by atoms with E-state index >= 15 is 0 Å². The summed E-state index contributed by atoms with van der Waals surface area (Å²) < 4.78 is 1.49. The summed E-state index contributed by atoms with van der Waals surface area (Å²) in [5, 5.41) is 9.43. The van der Waals surface area contributed by atoms with Crippen molar-refractivity contribution < 1.29 is 0 Å². The van der Waals surface area contributed by atoms with Crippen molar-refractivity contribution in [1.82, 2.24) is 14.8 Å². The molecule has 2 aromatic rings. The Labute approximate surface area is 119 Å². The molecule has 19 heavy (non-hydrogen) atoms. The first kappa shape index (κ1) is 12.6. The van der Waals surface area contributed by atoms with E-state index in [1.807, 2.05) is 5.38 Å². The van der Waals surface area contributed by atoms with Crippen molar-refractivity contribution in [3.05, 3.63) is 38.2 Å². The fraction of sp³-hybridized carbons (Fsp3) is 0.417. The van der Waals surface area contributed by atoms with Gasteiger partial charge >= 0.3 is 0 Å². The Bertz CT molecular complexity index is 621. The van der Waals surface area contributed by atoms with E-state index in [1.165, 1.54) is 35.1 Å². The average Bonchev–Trinajstić information content (AvgIpc) is 3.06. The van der Waals surface area contributed by atoms with E-state index in [1.54, 1.807) is 5.51 Å². The molecular weight excluding hydrogens is 284 g/mol. The lowest BCUT2D eigenvalue weighted by Gasteiger charge is -2.09. The number of halogens is 1. The van der Waals surface area contributed by atoms with Gasteiger partial charge in [0.25, 0.3) is 5.56 Å². The average molecular weight is 297 g/mol. The molecule has 0 aromatic carbocycles. The molecule has 0 bridgehead atoms. The van der Waals surface area contributed by atoms with Gasteiger partial charge in [-0.1, -0.05) is 11.6 Å². The highest BCUT2D eigenvalue weighted by Gasteiger charge is 2.23. The van der Waals surface area contributed by atoms with E-state index in [4.69, 9.17) is 11.6 Å². The molecule has 2 heterocycles. The van der Waals surface area contributed by atoms with E-state index < -0.39 is 0 Å². The molecule has 1 saturated carbocycles. The van der Waals surface area contributed by atoms with Crippen molar-refractivity contribution in [1.29, 1.82) is 0 Å². The number of hydrogen-bond donors (Lipinski definition) is 1. The molecule has 0 atom stereocenters. The third kappa shape index (κ3) is 2.96. The Balaban J connectivity index is 1.80. The Morgan fingerprint density at radius 1 is 1.53 bits per heavy atom. The summed E-state index contributed by atoms with van der Waals surface area (Å²) in [6.07, 6.45) is 3.88. The quantitative estimate of drug-likeness (QED) is 0.920. The monoisotopic (exact) mass is 296 g/mol. The van der Waals surface area contributed by atoms with Crippen molar-refractivity contribution in [3.63, 3.8) is 0 Å². The molecule has 1 aliphatic carbocycles. The van der Waals surface area contributed by atoms with Crippen molar-refractivity contribution in [2.75, 3.05) is 5.32 Å². The Kier molecular flexibility index (Phi) is 3.52. The second-order valence-electron chi connectivity index (χ2n) is 4.63. The van der Waals surface area contributed by atoms with E-state index in [9.17, 15) is 4.79 Å². The fourth-order valence-electron chi connectivity index (χ4n) is 1.81. The molecule has 0 saturated heterocycles. The molecule has 5 nitrogen and oxygen atoms in total. The van der Waals surface area contributed by atoms with Gasteiger partial charge in [0.2, 0.25) is 0 Å². The maximum atomic E-state index is 12.2. The van der Waals surface area contributed by atoms with Gasteiger partial charge in [0.05, 0.1) is 29.0 Å². The Hall–Kier alpha value is -1.40. The lowest BCUT2D eigenvalue weighted by atomic mass is 10.4. The van der Waals surface area contributed by atoms with Gasteiger partial charge in [0, 0.05) is 11.9 Å². The molecule has 0 unspecified atom stereocenters. The SMILES string of the molecule is O=c1c(NCc2cscn2)c(Cl)cnn1CC1CC1. The van der Waals surface area contributed by atoms with Gasteiger partial charge < -0.3 is 5.32 Å². The van der Waals surface area contributed by atoms with Crippen molar-refractivity contribution in [2.24, 2.45) is 5.92 Å². The third-order valence-electron chi connectivity index (χ3n) is 3.06. The molecule has 1 N–H and O–H groups in total. The smallest absolute Gasteiger partial charge is 0.291 e. The number of nitrogens with zero attached hydrogens (tertiary/aromatic N) is 3. The van der Waals surface area contributed by atoms with Crippen LogP contribution >= 0.6 is 22.9 Å². The second-order valence-corrected chi connectivity index (χ2v) is 5.76. The van der Waals surface area contributed by atoms with Crippen LogP contribution in [-0.2, 0) is 13.1 Å². The zero-order valence-electron chi connectivity index (χ0n) is 10.2. The molecule has 0 radical (unpaired) electrons. The summed E-state index contributed by atoms with van der Waals surface area (Å²) in [4.78, 5) is 16.4. The van der Waals surface area contributed by atoms with Gasteiger partial charge in [0.1, 0.15) is 5.69 Å². The first-order valence-electron chi connectivity index (χ1n) is 6.10. The molecule has 7 heteroatoms. The van der Waals surface area contributed by atoms with Crippen LogP contribution in [0.25, 0.3) is 0 Å². The van der Waals surface area contributed by atoms with Gasteiger partial charge in [-0.2, -0.15) is 5.10 Å². The van der Waals surface area contributed by atoms with E-state index in [2.05, 4.69) is 15.4 Å². The summed E-state index contributed by atoms with van der Waals surface area (Å²) in [5.41, 5.74) is 2.90. The molecule has 3 rings (SSSR count). The Morgan fingerprint density at radius 3 is 3.05 bits per heavy atom. The second kappa shape index (κ2) is 5.30. The maximum absolute atomic E-state index is 12.2. The first-order valence-corrected chi connectivity index (χ1v) is 7.42. The molecule has 1 fully saturated rings. The van der Waals surface area contributed by atoms with Crippen molar-refractivity contribution >= 4 is 28.6 Å². The summed E-state index contributed by atoms with van der Waals surface area (Å²) in [5.74, 6) is 0.595. The summed E-state index contributed by atoms with van der Waals surface area (Å²) in [7, 11) is 0. The van der Waals surface area contributed by atoms with Crippen LogP contribution in [0.2, 0.25) is 5.02 Å². The third-order valence-corrected chi connectivity index (χ3v) is 3.98. The van der Waals surface area contributed by atoms with Crippen LogP contribution in [0.4, 0.5) is 5.69 Å². The van der Waals surface area contributed by atoms with Gasteiger partial charge in [-0.15, -0.1) is 11.3 Å². The van der Waals surface area contributed by atoms with Crippen LogP contribution in [-0.4, -0.2) is 14.8 Å². The summed E-state index contributed by atoms with van der Waals surface area (Å²) in [6, 6.07) is 0. The predicted octanol–water partition coefficient (Wildman–Crippen LogP) is 2.38. The van der Waals surface area contributed by atoms with Crippen LogP contribution < -0.4 is 10.9 Å². The number of hydrogen-bond acceptors (Lipinski definition) is 5. The van der Waals surface area contributed by atoms with E-state index in [0.29, 0.717) is 29.7 Å². The van der Waals surface area contributed by atoms with E-state index in [-0.39, 0.29) is 5.56 Å². The zero-order chi connectivity index (χ0) is 13.2. The van der Waals surface area contributed by atoms with Gasteiger partial charge in [0.15, 0.2) is 0 Å². The highest BCUT2D eigenvalue weighted by molar-refractivity contribution is 7.07. The van der Waals surface area contributed by atoms with Crippen LogP contribution in [0.5, 0.6) is 0 Å². The lowest BCUT2D eigenvalue weighted by Crippen LogP contribution is -2.26. The molecule has 2 aromatic heterocycles. The minimum absolute atomic E-state index is 0.158. The normalized spacial score (nSPS) is 14.6. The molecule has 100 valence electrons. The van der Waals surface area contributed by atoms with Crippen LogP contribution in [0.15, 0.2) is 21.9 Å². The van der Waals surface area contributed by atoms with Crippen molar-refractivity contribution in [2.45, 2.75) is 25.9 Å². The van der Waals surface area contributed by atoms with E-state index in [0.717, 1.165) is 5.69 Å². The van der Waals surface area contributed by atoms with Crippen LogP contribution in [0.3, 0.4) is 0 Å². The van der Waals surface area contributed by atoms with Crippen LogP contribution in [0.1, 0.15) is 18.5 Å². The molecular formula is C12H13ClN4OS. The van der Waals surface area contributed by atoms with Gasteiger partial charge in [-0.3, -0.25) is 4.79 Å². The highest BCUT2D eigenvalue weighted by Crippen LogP contribution is 2.30. The Morgan fingerprint density at radius 2 is 2.37 bits per heavy atom. The standard InChI is InChI=1S/C12H13ClN4OS/c13-10-4-16-17(5-8-1-2-8)12(18)11(10)14-3-9-6-19-7-15-9/h4,6-8,14H,1-3,5H2. The number of aromatic nitrogens is 3. The largest absolute Gasteiger partial charge is 0.374 e. The minimum atomic E-state index is -0.158. The molecule has 0 amide bonds. The number of thiazole rings is 1. The van der Waals surface area contributed by atoms with Gasteiger partial charge in [-0.25, -0.2) is 9.67 Å². The number of rotatable bonds is 5. The minimum Gasteiger partial charge on any atom is -0.374 e. The van der Waals surface area contributed by atoms with Crippen LogP contribution in [0, 0.1) is 5.92 Å². The first-order chi connectivity index (χ1) is 9.24. The number of anilines is 1. The lowest BCUT2D eigenvalue weighted by molar-refractivity contribution is 0.534. The topological polar surface area (TPSA) is 59.8 Å². The molecule has 1 aliphatic rings.